The zero-order valence-electron chi connectivity index (χ0n) is 31.9. The second-order valence-corrected chi connectivity index (χ2v) is 15.9. The van der Waals surface area contributed by atoms with Gasteiger partial charge in [-0.3, -0.25) is 0 Å². The van der Waals surface area contributed by atoms with Crippen molar-refractivity contribution in [3.8, 4) is 56.0 Å². The first-order valence-corrected chi connectivity index (χ1v) is 20.3. The Morgan fingerprint density at radius 1 is 0.356 bits per heavy atom. The van der Waals surface area contributed by atoms with Crippen LogP contribution < -0.4 is 4.74 Å². The summed E-state index contributed by atoms with van der Waals surface area (Å²) >= 11 is 0. The molecule has 0 atom stereocenters. The van der Waals surface area contributed by atoms with Crippen molar-refractivity contribution in [3.05, 3.63) is 229 Å². The lowest BCUT2D eigenvalue weighted by Gasteiger charge is -2.35. The first kappa shape index (κ1) is 32.4. The van der Waals surface area contributed by atoms with E-state index in [2.05, 4.69) is 200 Å². The highest BCUT2D eigenvalue weighted by Gasteiger charge is 2.48. The number of para-hydroxylation sites is 1. The van der Waals surface area contributed by atoms with Gasteiger partial charge in [0.1, 0.15) is 22.7 Å². The molecule has 59 heavy (non-hydrogen) atoms. The van der Waals surface area contributed by atoms with Gasteiger partial charge in [-0.15, -0.1) is 0 Å². The Kier molecular flexibility index (Phi) is 6.68. The number of hydrogen-bond donors (Lipinski definition) is 0. The summed E-state index contributed by atoms with van der Waals surface area (Å²) in [4.78, 5) is 0. The van der Waals surface area contributed by atoms with Crippen LogP contribution in [0, 0.1) is 0 Å². The molecule has 0 saturated carbocycles. The van der Waals surface area contributed by atoms with Gasteiger partial charge in [0.25, 0.3) is 0 Å². The molecular weight excluding hydrogens is 717 g/mol. The van der Waals surface area contributed by atoms with Crippen molar-refractivity contribution in [3.63, 3.8) is 0 Å². The molecule has 0 radical (unpaired) electrons. The number of fused-ring (bicyclic) bond motifs is 10. The third-order valence-electron chi connectivity index (χ3n) is 12.9. The predicted molar refractivity (Wildman–Crippen MR) is 242 cm³/mol. The summed E-state index contributed by atoms with van der Waals surface area (Å²) in [6.45, 7) is 0. The Morgan fingerprint density at radius 3 is 1.86 bits per heavy atom. The van der Waals surface area contributed by atoms with Crippen molar-refractivity contribution in [2.24, 2.45) is 0 Å². The van der Waals surface area contributed by atoms with Gasteiger partial charge in [0.15, 0.2) is 0 Å². The largest absolute Gasteiger partial charge is 0.456 e. The zero-order chi connectivity index (χ0) is 38.7. The van der Waals surface area contributed by atoms with Crippen molar-refractivity contribution in [1.82, 2.24) is 0 Å². The standard InChI is InChI=1S/C57H34O2/c1-3-16-40(17-4-1)57(41-18-5-2-6-19-41)49-34-39(37-26-29-52-48(31-37)44-22-11-14-36-15-12-24-53(59-52)54(36)44)33-46(55(49)45-28-25-35-13-7-8-20-42(35)56(45)57)38-27-30-51-47(32-38)43-21-9-10-23-50(43)58-51/h1-34H. The fourth-order valence-corrected chi connectivity index (χ4v) is 10.4. The van der Waals surface area contributed by atoms with Gasteiger partial charge in [-0.25, -0.2) is 0 Å². The van der Waals surface area contributed by atoms with Crippen LogP contribution in [0.2, 0.25) is 0 Å². The summed E-state index contributed by atoms with van der Waals surface area (Å²) in [6.07, 6.45) is 0. The third kappa shape index (κ3) is 4.51. The highest BCUT2D eigenvalue weighted by molar-refractivity contribution is 6.10. The van der Waals surface area contributed by atoms with Crippen LogP contribution in [0.3, 0.4) is 0 Å². The Morgan fingerprint density at radius 2 is 1.03 bits per heavy atom. The Labute approximate surface area is 341 Å². The number of ether oxygens (including phenoxy) is 1. The molecule has 0 bridgehead atoms. The van der Waals surface area contributed by atoms with Crippen molar-refractivity contribution < 1.29 is 9.15 Å². The van der Waals surface area contributed by atoms with E-state index in [9.17, 15) is 0 Å². The molecule has 13 rings (SSSR count). The quantitative estimate of drug-likeness (QED) is 0.179. The third-order valence-corrected chi connectivity index (χ3v) is 12.9. The molecule has 2 nitrogen and oxygen atoms in total. The average Bonchev–Trinajstić information content (AvgIpc) is 3.83. The fourth-order valence-electron chi connectivity index (χ4n) is 10.4. The zero-order valence-corrected chi connectivity index (χ0v) is 31.9. The maximum absolute atomic E-state index is 6.60. The summed E-state index contributed by atoms with van der Waals surface area (Å²) in [5, 5.41) is 7.06. The van der Waals surface area contributed by atoms with Crippen molar-refractivity contribution in [1.29, 1.82) is 0 Å². The minimum Gasteiger partial charge on any atom is -0.456 e. The Bertz CT molecular complexity index is 3480. The second-order valence-electron chi connectivity index (χ2n) is 15.9. The van der Waals surface area contributed by atoms with Crippen LogP contribution in [0.1, 0.15) is 22.3 Å². The molecule has 1 aromatic heterocycles. The molecule has 0 N–H and O–H groups in total. The lowest BCUT2D eigenvalue weighted by atomic mass is 9.66. The summed E-state index contributed by atoms with van der Waals surface area (Å²) in [6, 6.07) is 75.4. The van der Waals surface area contributed by atoms with Crippen LogP contribution in [0.25, 0.3) is 88.0 Å². The highest BCUT2D eigenvalue weighted by Crippen LogP contribution is 2.61. The lowest BCUT2D eigenvalue weighted by Crippen LogP contribution is -2.29. The van der Waals surface area contributed by atoms with E-state index in [0.717, 1.165) is 61.1 Å². The molecule has 1 aliphatic heterocycles. The van der Waals surface area contributed by atoms with Crippen LogP contribution in [-0.2, 0) is 5.41 Å². The number of hydrogen-bond acceptors (Lipinski definition) is 2. The van der Waals surface area contributed by atoms with Gasteiger partial charge in [0, 0.05) is 21.7 Å². The SMILES string of the molecule is c1ccc(C2(c3ccccc3)c3cc(-c4ccc5c(c4)-c4cccc6cccc(c46)O5)cc(-c4ccc5oc6ccccc6c5c4)c3-c3ccc4ccccc4c32)cc1. The molecule has 2 heterocycles. The minimum atomic E-state index is -0.618. The average molecular weight is 751 g/mol. The van der Waals surface area contributed by atoms with Gasteiger partial charge in [-0.2, -0.15) is 0 Å². The van der Waals surface area contributed by atoms with Crippen LogP contribution in [0.5, 0.6) is 11.5 Å². The predicted octanol–water partition coefficient (Wildman–Crippen LogP) is 15.4. The van der Waals surface area contributed by atoms with E-state index in [1.165, 1.54) is 60.7 Å². The molecule has 2 aliphatic rings. The maximum Gasteiger partial charge on any atom is 0.135 e. The molecule has 10 aromatic carbocycles. The lowest BCUT2D eigenvalue weighted by molar-refractivity contribution is 0.487. The number of benzene rings is 10. The molecule has 0 spiro atoms. The van der Waals surface area contributed by atoms with E-state index in [-0.39, 0.29) is 0 Å². The van der Waals surface area contributed by atoms with Crippen molar-refractivity contribution in [2.75, 3.05) is 0 Å². The van der Waals surface area contributed by atoms with E-state index in [1.807, 2.05) is 6.07 Å². The van der Waals surface area contributed by atoms with E-state index in [0.29, 0.717) is 0 Å². The molecular formula is C57H34O2. The van der Waals surface area contributed by atoms with Crippen molar-refractivity contribution in [2.45, 2.75) is 5.41 Å². The van der Waals surface area contributed by atoms with Gasteiger partial charge in [0.2, 0.25) is 0 Å². The van der Waals surface area contributed by atoms with Crippen molar-refractivity contribution >= 4 is 43.5 Å². The first-order chi connectivity index (χ1) is 29.2. The molecule has 274 valence electrons. The van der Waals surface area contributed by atoms with Gasteiger partial charge in [0.05, 0.1) is 5.41 Å². The molecule has 0 fully saturated rings. The topological polar surface area (TPSA) is 22.4 Å². The molecule has 2 heteroatoms. The normalized spacial score (nSPS) is 13.4. The minimum absolute atomic E-state index is 0.618. The Balaban J connectivity index is 1.17. The monoisotopic (exact) mass is 750 g/mol. The molecule has 1 aliphatic carbocycles. The maximum atomic E-state index is 6.60. The number of rotatable bonds is 4. The molecule has 0 saturated heterocycles. The molecule has 0 amide bonds. The van der Waals surface area contributed by atoms with Gasteiger partial charge >= 0.3 is 0 Å². The molecule has 0 unspecified atom stereocenters. The fraction of sp³-hybridized carbons (Fsp3) is 0.0175. The summed E-state index contributed by atoms with van der Waals surface area (Å²) in [7, 11) is 0. The van der Waals surface area contributed by atoms with E-state index in [4.69, 9.17) is 9.15 Å². The summed E-state index contributed by atoms with van der Waals surface area (Å²) < 4.78 is 13.0. The second kappa shape index (κ2) is 12.2. The summed E-state index contributed by atoms with van der Waals surface area (Å²) in [5.74, 6) is 1.78. The molecule has 11 aromatic rings. The Hall–Kier alpha value is -7.68. The van der Waals surface area contributed by atoms with Crippen LogP contribution >= 0.6 is 0 Å². The summed E-state index contributed by atoms with van der Waals surface area (Å²) in [5.41, 5.74) is 15.7. The van der Waals surface area contributed by atoms with E-state index >= 15 is 0 Å². The van der Waals surface area contributed by atoms with E-state index < -0.39 is 5.41 Å². The van der Waals surface area contributed by atoms with Gasteiger partial charge < -0.3 is 9.15 Å². The van der Waals surface area contributed by atoms with Crippen LogP contribution in [-0.4, -0.2) is 0 Å². The van der Waals surface area contributed by atoms with Crippen LogP contribution in [0.15, 0.2) is 211 Å². The first-order valence-electron chi connectivity index (χ1n) is 20.3. The van der Waals surface area contributed by atoms with Gasteiger partial charge in [-0.05, 0) is 126 Å². The van der Waals surface area contributed by atoms with E-state index in [1.54, 1.807) is 0 Å². The van der Waals surface area contributed by atoms with Gasteiger partial charge in [-0.1, -0.05) is 158 Å². The highest BCUT2D eigenvalue weighted by atomic mass is 16.5. The number of furan rings is 1. The smallest absolute Gasteiger partial charge is 0.135 e. The van der Waals surface area contributed by atoms with Crippen LogP contribution in [0.4, 0.5) is 0 Å².